The zero-order chi connectivity index (χ0) is 7.28. The molecule has 0 aromatic heterocycles. The van der Waals surface area contributed by atoms with E-state index in [-0.39, 0.29) is 0 Å². The fraction of sp³-hybridized carbons (Fsp3) is 0.375. The van der Waals surface area contributed by atoms with Crippen LogP contribution in [0.25, 0.3) is 0 Å². The van der Waals surface area contributed by atoms with Gasteiger partial charge in [-0.05, 0) is 0 Å². The number of hydrogen-bond acceptors (Lipinski definition) is 0. The second kappa shape index (κ2) is 4.87. The van der Waals surface area contributed by atoms with Crippen molar-refractivity contribution < 1.29 is 19.4 Å². The fourth-order valence-electron chi connectivity index (χ4n) is 0.519. The molecule has 0 atom stereocenters. The van der Waals surface area contributed by atoms with E-state index in [1.54, 1.807) is 6.08 Å². The van der Waals surface area contributed by atoms with Gasteiger partial charge in [0, 0.05) is 0 Å². The van der Waals surface area contributed by atoms with E-state index in [2.05, 4.69) is 24.3 Å². The molecule has 0 nitrogen and oxygen atoms in total. The predicted octanol–water partition coefficient (Wildman–Crippen LogP) is 1.91. The van der Waals surface area contributed by atoms with Crippen molar-refractivity contribution in [1.29, 1.82) is 0 Å². The maximum atomic E-state index is 5.36. The first-order valence-corrected chi connectivity index (χ1v) is 4.62. The van der Waals surface area contributed by atoms with Gasteiger partial charge in [0.2, 0.25) is 0 Å². The molecule has 0 amide bonds. The second-order valence-electron chi connectivity index (χ2n) is 2.12. The van der Waals surface area contributed by atoms with Gasteiger partial charge >= 0.3 is 67.8 Å². The average Bonchev–Trinajstić information content (AvgIpc) is 1.82. The SMILES string of the molecule is [CH-]=C/C(=C\[CH]=[W])C(C)C. The van der Waals surface area contributed by atoms with Crippen LogP contribution in [0.1, 0.15) is 13.8 Å². The van der Waals surface area contributed by atoms with Crippen LogP contribution in [0.15, 0.2) is 17.7 Å². The van der Waals surface area contributed by atoms with Crippen LogP contribution in [-0.2, 0) is 19.4 Å². The third-order valence-electron chi connectivity index (χ3n) is 1.12. The first-order chi connectivity index (χ1) is 4.22. The van der Waals surface area contributed by atoms with Gasteiger partial charge in [-0.2, -0.15) is 0 Å². The van der Waals surface area contributed by atoms with Gasteiger partial charge in [0.05, 0.1) is 0 Å². The van der Waals surface area contributed by atoms with E-state index in [0.717, 1.165) is 0 Å². The molecule has 50 valence electrons. The summed E-state index contributed by atoms with van der Waals surface area (Å²) in [6.45, 7) is 9.62. The van der Waals surface area contributed by atoms with E-state index in [1.807, 2.05) is 0 Å². The van der Waals surface area contributed by atoms with Crippen LogP contribution in [0.4, 0.5) is 0 Å². The van der Waals surface area contributed by atoms with E-state index in [0.29, 0.717) is 5.92 Å². The average molecular weight is 291 g/mol. The summed E-state index contributed by atoms with van der Waals surface area (Å²) in [6, 6.07) is 0. The quantitative estimate of drug-likeness (QED) is 0.550. The number of allylic oxidation sites excluding steroid dienone is 3. The summed E-state index contributed by atoms with van der Waals surface area (Å²) in [5.41, 5.74) is 1.21. The summed E-state index contributed by atoms with van der Waals surface area (Å²) in [4.78, 5) is 0. The minimum absolute atomic E-state index is 0.547. The number of hydrogen-bond donors (Lipinski definition) is 0. The van der Waals surface area contributed by atoms with Crippen molar-refractivity contribution >= 4 is 4.40 Å². The molecule has 0 unspecified atom stereocenters. The van der Waals surface area contributed by atoms with Gasteiger partial charge in [0.1, 0.15) is 0 Å². The summed E-state index contributed by atoms with van der Waals surface area (Å²) in [5.74, 6) is 0.547. The predicted molar refractivity (Wildman–Crippen MR) is 37.9 cm³/mol. The second-order valence-corrected chi connectivity index (χ2v) is 3.10. The molecule has 0 heterocycles. The molecule has 0 aromatic rings. The normalized spacial score (nSPS) is 11.7. The molecule has 0 aromatic carbocycles. The first kappa shape index (κ1) is 9.04. The summed E-state index contributed by atoms with van der Waals surface area (Å²) >= 11 is 1.46. The summed E-state index contributed by atoms with van der Waals surface area (Å²) < 4.78 is 2.08. The van der Waals surface area contributed by atoms with Crippen molar-refractivity contribution in [2.24, 2.45) is 5.92 Å². The molecular weight excluding hydrogens is 280 g/mol. The molecular formula is C8H11W-. The van der Waals surface area contributed by atoms with E-state index < -0.39 is 0 Å². The third kappa shape index (κ3) is 3.59. The van der Waals surface area contributed by atoms with Crippen LogP contribution in [0, 0.1) is 12.5 Å². The van der Waals surface area contributed by atoms with E-state index in [1.165, 1.54) is 24.9 Å². The molecule has 0 aliphatic rings. The van der Waals surface area contributed by atoms with Crippen molar-refractivity contribution in [1.82, 2.24) is 0 Å². The zero-order valence-electron chi connectivity index (χ0n) is 5.79. The molecule has 0 radical (unpaired) electrons. The Morgan fingerprint density at radius 3 is 2.22 bits per heavy atom. The van der Waals surface area contributed by atoms with E-state index >= 15 is 0 Å². The summed E-state index contributed by atoms with van der Waals surface area (Å²) in [7, 11) is 0. The molecule has 0 spiro atoms. The molecule has 1 heteroatoms. The van der Waals surface area contributed by atoms with Crippen LogP contribution in [0.2, 0.25) is 0 Å². The van der Waals surface area contributed by atoms with Crippen LogP contribution in [0.3, 0.4) is 0 Å². The Morgan fingerprint density at radius 1 is 1.56 bits per heavy atom. The Labute approximate surface area is 68.1 Å². The monoisotopic (exact) mass is 291 g/mol. The molecule has 0 aliphatic heterocycles. The van der Waals surface area contributed by atoms with Gasteiger partial charge < -0.3 is 0 Å². The first-order valence-electron chi connectivity index (χ1n) is 2.92. The van der Waals surface area contributed by atoms with Crippen molar-refractivity contribution in [3.63, 3.8) is 0 Å². The van der Waals surface area contributed by atoms with Gasteiger partial charge in [-0.15, -0.1) is 0 Å². The zero-order valence-corrected chi connectivity index (χ0v) is 8.73. The maximum absolute atomic E-state index is 5.36. The van der Waals surface area contributed by atoms with Crippen molar-refractivity contribution in [3.8, 4) is 0 Å². The van der Waals surface area contributed by atoms with Crippen LogP contribution in [0.5, 0.6) is 0 Å². The van der Waals surface area contributed by atoms with E-state index in [9.17, 15) is 0 Å². The molecule has 0 saturated carbocycles. The third-order valence-corrected chi connectivity index (χ3v) is 1.61. The molecule has 0 saturated heterocycles. The Balaban J connectivity index is 4.13. The van der Waals surface area contributed by atoms with Gasteiger partial charge in [-0.3, -0.25) is 0 Å². The van der Waals surface area contributed by atoms with Crippen LogP contribution < -0.4 is 0 Å². The van der Waals surface area contributed by atoms with Crippen molar-refractivity contribution in [3.05, 3.63) is 24.3 Å². The molecule has 0 bridgehead atoms. The van der Waals surface area contributed by atoms with Gasteiger partial charge in [0.25, 0.3) is 0 Å². The molecule has 9 heavy (non-hydrogen) atoms. The summed E-state index contributed by atoms with van der Waals surface area (Å²) in [6.07, 6.45) is 3.74. The Hall–Kier alpha value is 0.0383. The summed E-state index contributed by atoms with van der Waals surface area (Å²) in [5, 5.41) is 0. The van der Waals surface area contributed by atoms with E-state index in [4.69, 9.17) is 6.58 Å². The van der Waals surface area contributed by atoms with Crippen LogP contribution >= 0.6 is 0 Å². The molecule has 0 aliphatic carbocycles. The fourth-order valence-corrected chi connectivity index (χ4v) is 1.08. The Kier molecular flexibility index (Phi) is 4.90. The van der Waals surface area contributed by atoms with Crippen molar-refractivity contribution in [2.75, 3.05) is 0 Å². The topological polar surface area (TPSA) is 0 Å². The van der Waals surface area contributed by atoms with Crippen LogP contribution in [-0.4, -0.2) is 4.40 Å². The molecule has 0 rings (SSSR count). The standard InChI is InChI=1S/C8H11.W/c1-5-8(6-2)7(3)4;/h1-2,5-7H,3-4H3;/q-1;/b8-5+;. The van der Waals surface area contributed by atoms with Gasteiger partial charge in [0.15, 0.2) is 0 Å². The van der Waals surface area contributed by atoms with Gasteiger partial charge in [-0.25, -0.2) is 0 Å². The molecule has 0 N–H and O–H groups in total. The Bertz CT molecular complexity index is 132. The molecule has 0 fully saturated rings. The number of rotatable bonds is 3. The van der Waals surface area contributed by atoms with Gasteiger partial charge in [-0.1, -0.05) is 0 Å². The minimum atomic E-state index is 0.547. The Morgan fingerprint density at radius 2 is 2.11 bits per heavy atom. The van der Waals surface area contributed by atoms with Crippen molar-refractivity contribution in [2.45, 2.75) is 13.8 Å².